The number of halogens is 1. The normalized spacial score (nSPS) is 10.6. The molecule has 136 valence electrons. The van der Waals surface area contributed by atoms with E-state index in [0.717, 1.165) is 17.2 Å². The zero-order valence-corrected chi connectivity index (χ0v) is 15.4. The third-order valence-corrected chi connectivity index (χ3v) is 4.01. The van der Waals surface area contributed by atoms with E-state index in [1.165, 1.54) is 6.08 Å². The lowest BCUT2D eigenvalue weighted by Crippen LogP contribution is -1.96. The van der Waals surface area contributed by atoms with Gasteiger partial charge in [-0.25, -0.2) is 0 Å². The van der Waals surface area contributed by atoms with Gasteiger partial charge >= 0.3 is 0 Å². The number of anilines is 1. The second-order valence-electron chi connectivity index (χ2n) is 5.65. The Hall–Kier alpha value is -3.24. The van der Waals surface area contributed by atoms with E-state index in [4.69, 9.17) is 21.1 Å². The minimum absolute atomic E-state index is 0.0985. The molecule has 0 aliphatic carbocycles. The molecule has 5 heteroatoms. The van der Waals surface area contributed by atoms with Crippen LogP contribution in [0.1, 0.15) is 10.4 Å². The summed E-state index contributed by atoms with van der Waals surface area (Å²) in [6, 6.07) is 21.6. The third kappa shape index (κ3) is 5.36. The van der Waals surface area contributed by atoms with E-state index in [9.17, 15) is 4.79 Å². The molecule has 0 unspecified atom stereocenters. The second kappa shape index (κ2) is 8.92. The minimum Gasteiger partial charge on any atom is -0.497 e. The predicted octanol–water partition coefficient (Wildman–Crippen LogP) is 5.95. The summed E-state index contributed by atoms with van der Waals surface area (Å²) in [5.41, 5.74) is 1.43. The van der Waals surface area contributed by atoms with Crippen molar-refractivity contribution in [1.29, 1.82) is 0 Å². The molecule has 3 aromatic carbocycles. The van der Waals surface area contributed by atoms with E-state index >= 15 is 0 Å². The van der Waals surface area contributed by atoms with Gasteiger partial charge in [-0.05, 0) is 72.8 Å². The largest absolute Gasteiger partial charge is 0.497 e. The zero-order chi connectivity index (χ0) is 19.1. The molecule has 0 heterocycles. The van der Waals surface area contributed by atoms with E-state index in [-0.39, 0.29) is 5.78 Å². The van der Waals surface area contributed by atoms with E-state index in [1.807, 2.05) is 48.5 Å². The van der Waals surface area contributed by atoms with Gasteiger partial charge in [0.05, 0.1) is 7.11 Å². The molecule has 0 aromatic heterocycles. The minimum atomic E-state index is -0.0985. The fraction of sp³-hybridized carbons (Fsp3) is 0.0455. The first-order valence-corrected chi connectivity index (χ1v) is 8.67. The van der Waals surface area contributed by atoms with Gasteiger partial charge in [-0.3, -0.25) is 4.79 Å². The number of hydrogen-bond donors (Lipinski definition) is 1. The number of ketones is 1. The average Bonchev–Trinajstić information content (AvgIpc) is 2.70. The third-order valence-electron chi connectivity index (χ3n) is 3.76. The van der Waals surface area contributed by atoms with Crippen molar-refractivity contribution < 1.29 is 14.3 Å². The van der Waals surface area contributed by atoms with Gasteiger partial charge in [0.1, 0.15) is 17.2 Å². The fourth-order valence-electron chi connectivity index (χ4n) is 2.32. The molecule has 0 atom stereocenters. The summed E-state index contributed by atoms with van der Waals surface area (Å²) >= 11 is 5.82. The van der Waals surface area contributed by atoms with Crippen molar-refractivity contribution >= 4 is 23.1 Å². The Morgan fingerprint density at radius 3 is 2.00 bits per heavy atom. The average molecular weight is 380 g/mol. The van der Waals surface area contributed by atoms with Crippen LogP contribution in [-0.4, -0.2) is 12.9 Å². The van der Waals surface area contributed by atoms with Gasteiger partial charge in [-0.15, -0.1) is 0 Å². The first kappa shape index (κ1) is 18.5. The molecule has 0 saturated heterocycles. The van der Waals surface area contributed by atoms with E-state index < -0.39 is 0 Å². The molecule has 4 nitrogen and oxygen atoms in total. The van der Waals surface area contributed by atoms with Gasteiger partial charge in [0.25, 0.3) is 0 Å². The van der Waals surface area contributed by atoms with Crippen molar-refractivity contribution in [3.8, 4) is 17.2 Å². The van der Waals surface area contributed by atoms with Crippen LogP contribution in [0.15, 0.2) is 85.1 Å². The summed E-state index contributed by atoms with van der Waals surface area (Å²) < 4.78 is 10.9. The van der Waals surface area contributed by atoms with Gasteiger partial charge in [0.2, 0.25) is 0 Å². The van der Waals surface area contributed by atoms with Crippen LogP contribution in [-0.2, 0) is 0 Å². The Bertz CT molecular complexity index is 917. The molecule has 3 aromatic rings. The number of carbonyl (C=O) groups is 1. The van der Waals surface area contributed by atoms with Crippen molar-refractivity contribution in [2.45, 2.75) is 0 Å². The summed E-state index contributed by atoms with van der Waals surface area (Å²) in [5.74, 6) is 2.12. The molecule has 3 rings (SSSR count). The van der Waals surface area contributed by atoms with E-state index in [1.54, 1.807) is 37.6 Å². The van der Waals surface area contributed by atoms with Crippen LogP contribution in [0.3, 0.4) is 0 Å². The predicted molar refractivity (Wildman–Crippen MR) is 108 cm³/mol. The first-order chi connectivity index (χ1) is 13.1. The highest BCUT2D eigenvalue weighted by Gasteiger charge is 2.01. The van der Waals surface area contributed by atoms with Crippen LogP contribution in [0.5, 0.6) is 17.2 Å². The van der Waals surface area contributed by atoms with Crippen molar-refractivity contribution in [3.05, 3.63) is 95.7 Å². The summed E-state index contributed by atoms with van der Waals surface area (Å²) in [6.07, 6.45) is 3.08. The number of allylic oxidation sites excluding steroid dienone is 1. The Labute approximate surface area is 163 Å². The maximum atomic E-state index is 12.1. The highest BCUT2D eigenvalue weighted by molar-refractivity contribution is 6.30. The standard InChI is InChI=1S/C22H18ClNO3/c1-26-19-10-12-21(13-11-19)27-20-8-6-18(7-9-20)24-15-14-22(25)16-2-4-17(23)5-3-16/h2-15,24H,1H3/b15-14+. The molecule has 0 aliphatic heterocycles. The van der Waals surface area contributed by atoms with Crippen LogP contribution >= 0.6 is 11.6 Å². The smallest absolute Gasteiger partial charge is 0.187 e. The lowest BCUT2D eigenvalue weighted by molar-refractivity contribution is 0.104. The molecule has 0 amide bonds. The van der Waals surface area contributed by atoms with Crippen molar-refractivity contribution in [2.24, 2.45) is 0 Å². The summed E-state index contributed by atoms with van der Waals surface area (Å²) in [7, 11) is 1.62. The van der Waals surface area contributed by atoms with E-state index in [2.05, 4.69) is 5.32 Å². The van der Waals surface area contributed by atoms with Gasteiger partial charge in [-0.2, -0.15) is 0 Å². The topological polar surface area (TPSA) is 47.6 Å². The number of rotatable bonds is 7. The fourth-order valence-corrected chi connectivity index (χ4v) is 2.45. The highest BCUT2D eigenvalue weighted by atomic mass is 35.5. The lowest BCUT2D eigenvalue weighted by Gasteiger charge is -2.07. The molecular formula is C22H18ClNO3. The molecule has 0 spiro atoms. The maximum absolute atomic E-state index is 12.1. The molecule has 0 radical (unpaired) electrons. The van der Waals surface area contributed by atoms with Crippen LogP contribution in [0.4, 0.5) is 5.69 Å². The molecule has 27 heavy (non-hydrogen) atoms. The molecule has 0 fully saturated rings. The molecule has 1 N–H and O–H groups in total. The van der Waals surface area contributed by atoms with Gasteiger partial charge in [0.15, 0.2) is 5.78 Å². The number of hydrogen-bond acceptors (Lipinski definition) is 4. The quantitative estimate of drug-likeness (QED) is 0.407. The summed E-state index contributed by atoms with van der Waals surface area (Å²) in [6.45, 7) is 0. The number of benzene rings is 3. The Kier molecular flexibility index (Phi) is 6.13. The highest BCUT2D eigenvalue weighted by Crippen LogP contribution is 2.25. The Morgan fingerprint density at radius 2 is 1.41 bits per heavy atom. The zero-order valence-electron chi connectivity index (χ0n) is 14.7. The monoisotopic (exact) mass is 379 g/mol. The Morgan fingerprint density at radius 1 is 0.852 bits per heavy atom. The van der Waals surface area contributed by atoms with Crippen molar-refractivity contribution in [2.75, 3.05) is 12.4 Å². The SMILES string of the molecule is COc1ccc(Oc2ccc(N/C=C/C(=O)c3ccc(Cl)cc3)cc2)cc1. The molecule has 0 aliphatic rings. The van der Waals surface area contributed by atoms with Crippen LogP contribution in [0, 0.1) is 0 Å². The molecular weight excluding hydrogens is 362 g/mol. The van der Waals surface area contributed by atoms with Crippen LogP contribution in [0.25, 0.3) is 0 Å². The van der Waals surface area contributed by atoms with Crippen molar-refractivity contribution in [3.63, 3.8) is 0 Å². The van der Waals surface area contributed by atoms with Gasteiger partial charge < -0.3 is 14.8 Å². The number of nitrogens with one attached hydrogen (secondary N) is 1. The maximum Gasteiger partial charge on any atom is 0.187 e. The lowest BCUT2D eigenvalue weighted by atomic mass is 10.1. The number of methoxy groups -OCH3 is 1. The van der Waals surface area contributed by atoms with E-state index in [0.29, 0.717) is 16.3 Å². The molecule has 0 saturated carbocycles. The first-order valence-electron chi connectivity index (χ1n) is 8.29. The van der Waals surface area contributed by atoms with Crippen molar-refractivity contribution in [1.82, 2.24) is 0 Å². The van der Waals surface area contributed by atoms with Crippen LogP contribution in [0.2, 0.25) is 5.02 Å². The van der Waals surface area contributed by atoms with Crippen LogP contribution < -0.4 is 14.8 Å². The number of carbonyl (C=O) groups excluding carboxylic acids is 1. The molecule has 0 bridgehead atoms. The second-order valence-corrected chi connectivity index (χ2v) is 6.09. The Balaban J connectivity index is 1.55. The van der Waals surface area contributed by atoms with Gasteiger partial charge in [0, 0.05) is 28.5 Å². The summed E-state index contributed by atoms with van der Waals surface area (Å²) in [4.78, 5) is 12.1. The van der Waals surface area contributed by atoms with Gasteiger partial charge in [-0.1, -0.05) is 11.6 Å². The number of ether oxygens (including phenoxy) is 2. The summed E-state index contributed by atoms with van der Waals surface area (Å²) in [5, 5.41) is 3.67.